The Bertz CT molecular complexity index is 540. The topological polar surface area (TPSA) is 68.8 Å². The van der Waals surface area contributed by atoms with E-state index in [0.717, 1.165) is 30.4 Å². The van der Waals surface area contributed by atoms with Crippen LogP contribution in [-0.4, -0.2) is 69.6 Å². The van der Waals surface area contributed by atoms with Gasteiger partial charge < -0.3 is 20.9 Å². The molecular weight excluding hydrogens is 449 g/mol. The van der Waals surface area contributed by atoms with Crippen molar-refractivity contribution in [2.75, 3.05) is 52.8 Å². The van der Waals surface area contributed by atoms with Crippen LogP contribution in [0.5, 0.6) is 0 Å². The quantitative estimate of drug-likeness (QED) is 0.218. The molecule has 1 aromatic carbocycles. The lowest BCUT2D eigenvalue weighted by atomic mass is 10.1. The molecule has 0 spiro atoms. The van der Waals surface area contributed by atoms with Gasteiger partial charge in [-0.2, -0.15) is 11.8 Å². The zero-order chi connectivity index (χ0) is 17.8. The summed E-state index contributed by atoms with van der Waals surface area (Å²) < 4.78 is 0. The molecule has 0 aliphatic carbocycles. The molecular formula is C17H30IN5OS. The number of guanidine groups is 1. The standard InChI is InChI=1S/C17H29N5OS.HI/c1-18-17(20-9-11-24-4)21-13-14-6-5-7-15(12-14)16(23)19-8-10-22(2)3;/h5-7,12H,8-11,13H2,1-4H3,(H,19,23)(H2,18,20,21);1H. The molecule has 0 radical (unpaired) electrons. The monoisotopic (exact) mass is 479 g/mol. The molecule has 142 valence electrons. The molecule has 8 heteroatoms. The molecule has 0 atom stereocenters. The Kier molecular flexibility index (Phi) is 13.6. The van der Waals surface area contributed by atoms with Crippen LogP contribution in [0.1, 0.15) is 15.9 Å². The molecule has 0 heterocycles. The first-order chi connectivity index (χ1) is 11.6. The number of likely N-dealkylation sites (N-methyl/N-ethyl adjacent to an activating group) is 1. The van der Waals surface area contributed by atoms with Crippen molar-refractivity contribution in [1.29, 1.82) is 0 Å². The minimum absolute atomic E-state index is 0. The van der Waals surface area contributed by atoms with Gasteiger partial charge in [-0.15, -0.1) is 24.0 Å². The lowest BCUT2D eigenvalue weighted by Gasteiger charge is -2.13. The third kappa shape index (κ3) is 10.6. The van der Waals surface area contributed by atoms with E-state index in [0.29, 0.717) is 18.7 Å². The van der Waals surface area contributed by atoms with E-state index in [9.17, 15) is 4.79 Å². The van der Waals surface area contributed by atoms with Crippen LogP contribution in [0.15, 0.2) is 29.3 Å². The Morgan fingerprint density at radius 3 is 2.60 bits per heavy atom. The number of rotatable bonds is 9. The van der Waals surface area contributed by atoms with E-state index in [1.54, 1.807) is 18.8 Å². The summed E-state index contributed by atoms with van der Waals surface area (Å²) in [4.78, 5) is 18.4. The Morgan fingerprint density at radius 2 is 1.96 bits per heavy atom. The number of halogens is 1. The molecule has 1 rings (SSSR count). The average Bonchev–Trinajstić information content (AvgIpc) is 2.58. The number of carbonyl (C=O) groups is 1. The minimum Gasteiger partial charge on any atom is -0.356 e. The molecule has 0 unspecified atom stereocenters. The van der Waals surface area contributed by atoms with Crippen molar-refractivity contribution < 1.29 is 4.79 Å². The lowest BCUT2D eigenvalue weighted by molar-refractivity contribution is 0.0951. The van der Waals surface area contributed by atoms with E-state index in [4.69, 9.17) is 0 Å². The highest BCUT2D eigenvalue weighted by molar-refractivity contribution is 14.0. The summed E-state index contributed by atoms with van der Waals surface area (Å²) >= 11 is 1.79. The number of benzene rings is 1. The Morgan fingerprint density at radius 1 is 1.20 bits per heavy atom. The molecule has 0 aromatic heterocycles. The maximum atomic E-state index is 12.2. The third-order valence-electron chi connectivity index (χ3n) is 3.32. The highest BCUT2D eigenvalue weighted by Gasteiger charge is 2.06. The Balaban J connectivity index is 0.00000576. The first kappa shape index (κ1) is 24.0. The van der Waals surface area contributed by atoms with Crippen molar-refractivity contribution in [1.82, 2.24) is 20.9 Å². The predicted octanol–water partition coefficient (Wildman–Crippen LogP) is 1.62. The molecule has 1 aromatic rings. The minimum atomic E-state index is -0.0406. The lowest BCUT2D eigenvalue weighted by Crippen LogP contribution is -2.38. The van der Waals surface area contributed by atoms with E-state index >= 15 is 0 Å². The van der Waals surface area contributed by atoms with Gasteiger partial charge in [-0.3, -0.25) is 9.79 Å². The van der Waals surface area contributed by atoms with Gasteiger partial charge in [-0.05, 0) is 38.0 Å². The second kappa shape index (κ2) is 14.2. The fourth-order valence-corrected chi connectivity index (χ4v) is 2.30. The molecule has 0 fully saturated rings. The SMILES string of the molecule is CN=C(NCCSC)NCc1cccc(C(=O)NCCN(C)C)c1.I. The molecule has 0 saturated heterocycles. The van der Waals surface area contributed by atoms with Gasteiger partial charge in [0.1, 0.15) is 0 Å². The molecule has 3 N–H and O–H groups in total. The summed E-state index contributed by atoms with van der Waals surface area (Å²) in [6, 6.07) is 7.65. The van der Waals surface area contributed by atoms with Gasteiger partial charge in [-0.1, -0.05) is 12.1 Å². The number of nitrogens with zero attached hydrogens (tertiary/aromatic N) is 2. The largest absolute Gasteiger partial charge is 0.356 e. The maximum Gasteiger partial charge on any atom is 0.251 e. The van der Waals surface area contributed by atoms with Crippen LogP contribution in [0.3, 0.4) is 0 Å². The van der Waals surface area contributed by atoms with Gasteiger partial charge in [0.2, 0.25) is 0 Å². The molecule has 0 bridgehead atoms. The van der Waals surface area contributed by atoms with Crippen LogP contribution in [-0.2, 0) is 6.54 Å². The van der Waals surface area contributed by atoms with E-state index in [1.165, 1.54) is 0 Å². The van der Waals surface area contributed by atoms with Crippen LogP contribution in [0, 0.1) is 0 Å². The molecule has 6 nitrogen and oxygen atoms in total. The maximum absolute atomic E-state index is 12.2. The van der Waals surface area contributed by atoms with Gasteiger partial charge in [0, 0.05) is 44.5 Å². The van der Waals surface area contributed by atoms with Gasteiger partial charge in [0.05, 0.1) is 0 Å². The summed E-state index contributed by atoms with van der Waals surface area (Å²) in [6.07, 6.45) is 2.08. The van der Waals surface area contributed by atoms with Gasteiger partial charge in [0.15, 0.2) is 5.96 Å². The highest BCUT2D eigenvalue weighted by Crippen LogP contribution is 2.05. The van der Waals surface area contributed by atoms with Crippen molar-refractivity contribution in [2.24, 2.45) is 4.99 Å². The normalized spacial score (nSPS) is 11.0. The van der Waals surface area contributed by atoms with Crippen molar-refractivity contribution in [3.05, 3.63) is 35.4 Å². The van der Waals surface area contributed by atoms with Crippen LogP contribution in [0.2, 0.25) is 0 Å². The predicted molar refractivity (Wildman–Crippen MR) is 119 cm³/mol. The van der Waals surface area contributed by atoms with Crippen molar-refractivity contribution in [3.8, 4) is 0 Å². The Labute approximate surface area is 172 Å². The number of thioether (sulfide) groups is 1. The summed E-state index contributed by atoms with van der Waals surface area (Å²) in [7, 11) is 5.72. The van der Waals surface area contributed by atoms with Crippen LogP contribution < -0.4 is 16.0 Å². The molecule has 1 amide bonds. The fraction of sp³-hybridized carbons (Fsp3) is 0.529. The second-order valence-corrected chi connectivity index (χ2v) is 6.59. The first-order valence-corrected chi connectivity index (χ1v) is 9.41. The first-order valence-electron chi connectivity index (χ1n) is 8.02. The number of carbonyl (C=O) groups excluding carboxylic acids is 1. The molecule has 0 aliphatic rings. The van der Waals surface area contributed by atoms with Crippen molar-refractivity contribution in [3.63, 3.8) is 0 Å². The van der Waals surface area contributed by atoms with Crippen LogP contribution in [0.25, 0.3) is 0 Å². The van der Waals surface area contributed by atoms with Crippen molar-refractivity contribution >= 4 is 47.6 Å². The molecule has 25 heavy (non-hydrogen) atoms. The number of nitrogens with one attached hydrogen (secondary N) is 3. The van der Waals surface area contributed by atoms with Gasteiger partial charge in [0.25, 0.3) is 5.91 Å². The number of hydrogen-bond donors (Lipinski definition) is 3. The Hall–Kier alpha value is -1.00. The number of aliphatic imine (C=N–C) groups is 1. The van der Waals surface area contributed by atoms with Crippen LogP contribution in [0.4, 0.5) is 0 Å². The second-order valence-electron chi connectivity index (χ2n) is 5.60. The van der Waals surface area contributed by atoms with E-state index < -0.39 is 0 Å². The number of hydrogen-bond acceptors (Lipinski definition) is 4. The van der Waals surface area contributed by atoms with Gasteiger partial charge >= 0.3 is 0 Å². The van der Waals surface area contributed by atoms with Crippen molar-refractivity contribution in [2.45, 2.75) is 6.54 Å². The zero-order valence-corrected chi connectivity index (χ0v) is 18.6. The summed E-state index contributed by atoms with van der Waals surface area (Å²) in [5.74, 6) is 1.76. The summed E-state index contributed by atoms with van der Waals surface area (Å²) in [5, 5.41) is 9.44. The zero-order valence-electron chi connectivity index (χ0n) is 15.5. The fourth-order valence-electron chi connectivity index (χ4n) is 2.00. The summed E-state index contributed by atoms with van der Waals surface area (Å²) in [6.45, 7) is 2.96. The summed E-state index contributed by atoms with van der Waals surface area (Å²) in [5.41, 5.74) is 1.72. The van der Waals surface area contributed by atoms with E-state index in [2.05, 4.69) is 27.2 Å². The van der Waals surface area contributed by atoms with Gasteiger partial charge in [-0.25, -0.2) is 0 Å². The molecule has 0 saturated carbocycles. The molecule has 0 aliphatic heterocycles. The average molecular weight is 479 g/mol. The third-order valence-corrected chi connectivity index (χ3v) is 3.93. The van der Waals surface area contributed by atoms with E-state index in [1.807, 2.05) is 43.3 Å². The van der Waals surface area contributed by atoms with Crippen LogP contribution >= 0.6 is 35.7 Å². The van der Waals surface area contributed by atoms with E-state index in [-0.39, 0.29) is 29.9 Å². The highest BCUT2D eigenvalue weighted by atomic mass is 127. The smallest absolute Gasteiger partial charge is 0.251 e. The number of amides is 1.